The van der Waals surface area contributed by atoms with Crippen LogP contribution >= 0.6 is 11.3 Å². The molecule has 0 radical (unpaired) electrons. The first kappa shape index (κ1) is 11.6. The smallest absolute Gasteiger partial charge is 0.347 e. The first-order chi connectivity index (χ1) is 7.47. The normalized spacial score (nSPS) is 19.1. The molecule has 1 aromatic heterocycles. The van der Waals surface area contributed by atoms with E-state index in [4.69, 9.17) is 5.73 Å². The molecule has 0 bridgehead atoms. The van der Waals surface area contributed by atoms with Crippen molar-refractivity contribution in [3.05, 3.63) is 5.01 Å². The van der Waals surface area contributed by atoms with Crippen LogP contribution in [0, 0.1) is 0 Å². The molecule has 90 valence electrons. The molecule has 1 saturated heterocycles. The third kappa shape index (κ3) is 2.43. The fraction of sp³-hybridized carbons (Fsp3) is 0.750. The number of alkyl halides is 3. The molecule has 1 aliphatic heterocycles. The Hall–Kier alpha value is -0.890. The Morgan fingerprint density at radius 2 is 1.88 bits per heavy atom. The summed E-state index contributed by atoms with van der Waals surface area (Å²) in [7, 11) is 0. The van der Waals surface area contributed by atoms with Gasteiger partial charge in [0.25, 0.3) is 0 Å². The second-order valence-corrected chi connectivity index (χ2v) is 4.67. The minimum atomic E-state index is -4.40. The van der Waals surface area contributed by atoms with Gasteiger partial charge >= 0.3 is 6.18 Å². The third-order valence-corrected chi connectivity index (χ3v) is 3.50. The molecule has 1 fully saturated rings. The Balaban J connectivity index is 2.08. The quantitative estimate of drug-likeness (QED) is 0.822. The summed E-state index contributed by atoms with van der Waals surface area (Å²) in [5.74, 6) is 0. The van der Waals surface area contributed by atoms with Crippen LogP contribution in [0.15, 0.2) is 0 Å². The van der Waals surface area contributed by atoms with Crippen molar-refractivity contribution < 1.29 is 13.2 Å². The molecule has 0 spiro atoms. The first-order valence-corrected chi connectivity index (χ1v) is 5.69. The van der Waals surface area contributed by atoms with Crippen LogP contribution in [0.3, 0.4) is 0 Å². The highest BCUT2D eigenvalue weighted by molar-refractivity contribution is 7.15. The molecule has 0 aliphatic carbocycles. The van der Waals surface area contributed by atoms with E-state index in [0.29, 0.717) is 29.6 Å². The summed E-state index contributed by atoms with van der Waals surface area (Å²) in [6.45, 7) is 1.29. The maximum Gasteiger partial charge on any atom is 0.445 e. The molecule has 2 N–H and O–H groups in total. The lowest BCUT2D eigenvalue weighted by Gasteiger charge is -2.29. The largest absolute Gasteiger partial charge is 0.445 e. The molecular formula is C8H11F3N4S. The predicted octanol–water partition coefficient (Wildman–Crippen LogP) is 1.48. The van der Waals surface area contributed by atoms with E-state index in [-0.39, 0.29) is 6.04 Å². The average Bonchev–Trinajstić information content (AvgIpc) is 2.67. The van der Waals surface area contributed by atoms with Crippen LogP contribution in [0.5, 0.6) is 0 Å². The molecule has 0 atom stereocenters. The molecule has 0 saturated carbocycles. The predicted molar refractivity (Wildman–Crippen MR) is 54.3 cm³/mol. The minimum absolute atomic E-state index is 0.145. The Bertz CT molecular complexity index is 356. The Morgan fingerprint density at radius 3 is 2.38 bits per heavy atom. The summed E-state index contributed by atoms with van der Waals surface area (Å²) in [4.78, 5) is 1.80. The third-order valence-electron chi connectivity index (χ3n) is 2.47. The number of hydrogen-bond acceptors (Lipinski definition) is 5. The highest BCUT2D eigenvalue weighted by Crippen LogP contribution is 2.34. The van der Waals surface area contributed by atoms with Gasteiger partial charge in [0.2, 0.25) is 10.1 Å². The number of hydrogen-bond donors (Lipinski definition) is 1. The summed E-state index contributed by atoms with van der Waals surface area (Å²) < 4.78 is 36.9. The molecule has 16 heavy (non-hydrogen) atoms. The lowest BCUT2D eigenvalue weighted by atomic mass is 10.1. The fourth-order valence-electron chi connectivity index (χ4n) is 1.55. The molecule has 2 rings (SSSR count). The van der Waals surface area contributed by atoms with E-state index in [1.165, 1.54) is 0 Å². The van der Waals surface area contributed by atoms with Crippen molar-refractivity contribution in [1.82, 2.24) is 10.2 Å². The number of halogens is 3. The zero-order chi connectivity index (χ0) is 11.8. The highest BCUT2D eigenvalue weighted by Gasteiger charge is 2.36. The van der Waals surface area contributed by atoms with Crippen molar-refractivity contribution >= 4 is 16.5 Å². The van der Waals surface area contributed by atoms with E-state index in [1.54, 1.807) is 4.90 Å². The number of anilines is 1. The summed E-state index contributed by atoms with van der Waals surface area (Å²) in [6, 6.07) is 0.145. The van der Waals surface area contributed by atoms with E-state index >= 15 is 0 Å². The maximum absolute atomic E-state index is 12.3. The van der Waals surface area contributed by atoms with Crippen LogP contribution in [0.1, 0.15) is 17.8 Å². The van der Waals surface area contributed by atoms with Crippen molar-refractivity contribution in [3.8, 4) is 0 Å². The van der Waals surface area contributed by atoms with Crippen molar-refractivity contribution in [3.63, 3.8) is 0 Å². The minimum Gasteiger partial charge on any atom is -0.347 e. The standard InChI is InChI=1S/C8H11F3N4S/c9-8(10,11)6-13-14-7(16-6)15-3-1-5(12)2-4-15/h5H,1-4,12H2. The van der Waals surface area contributed by atoms with Crippen LogP contribution in [0.2, 0.25) is 0 Å². The summed E-state index contributed by atoms with van der Waals surface area (Å²) in [5, 5.41) is 6.16. The van der Waals surface area contributed by atoms with Gasteiger partial charge in [-0.25, -0.2) is 0 Å². The number of nitrogens with two attached hydrogens (primary N) is 1. The fourth-order valence-corrected chi connectivity index (χ4v) is 2.31. The molecule has 4 nitrogen and oxygen atoms in total. The van der Waals surface area contributed by atoms with Gasteiger partial charge < -0.3 is 10.6 Å². The average molecular weight is 252 g/mol. The van der Waals surface area contributed by atoms with Gasteiger partial charge in [-0.15, -0.1) is 10.2 Å². The van der Waals surface area contributed by atoms with Gasteiger partial charge in [0.15, 0.2) is 0 Å². The van der Waals surface area contributed by atoms with Crippen LogP contribution in [0.4, 0.5) is 18.3 Å². The van der Waals surface area contributed by atoms with E-state index in [2.05, 4.69) is 10.2 Å². The Labute approximate surface area is 94.3 Å². The SMILES string of the molecule is NC1CCN(c2nnc(C(F)(F)F)s2)CC1. The van der Waals surface area contributed by atoms with Gasteiger partial charge in [-0.2, -0.15) is 13.2 Å². The van der Waals surface area contributed by atoms with Crippen LogP contribution in [-0.4, -0.2) is 29.3 Å². The number of rotatable bonds is 1. The van der Waals surface area contributed by atoms with Crippen LogP contribution in [0.25, 0.3) is 0 Å². The molecule has 8 heteroatoms. The van der Waals surface area contributed by atoms with Gasteiger partial charge in [0.1, 0.15) is 0 Å². The van der Waals surface area contributed by atoms with Gasteiger partial charge in [-0.1, -0.05) is 11.3 Å². The van der Waals surface area contributed by atoms with E-state index in [1.807, 2.05) is 0 Å². The van der Waals surface area contributed by atoms with Crippen LogP contribution in [-0.2, 0) is 6.18 Å². The molecule has 0 amide bonds. The van der Waals surface area contributed by atoms with Crippen molar-refractivity contribution in [2.45, 2.75) is 25.1 Å². The van der Waals surface area contributed by atoms with Gasteiger partial charge in [-0.05, 0) is 12.8 Å². The van der Waals surface area contributed by atoms with Gasteiger partial charge in [-0.3, -0.25) is 0 Å². The number of piperidine rings is 1. The maximum atomic E-state index is 12.3. The van der Waals surface area contributed by atoms with Crippen molar-refractivity contribution in [2.75, 3.05) is 18.0 Å². The van der Waals surface area contributed by atoms with Crippen molar-refractivity contribution in [1.29, 1.82) is 0 Å². The van der Waals surface area contributed by atoms with Gasteiger partial charge in [0.05, 0.1) is 0 Å². The highest BCUT2D eigenvalue weighted by atomic mass is 32.1. The zero-order valence-corrected chi connectivity index (χ0v) is 9.18. The number of nitrogens with zero attached hydrogens (tertiary/aromatic N) is 3. The summed E-state index contributed by atoms with van der Waals surface area (Å²) in [5.41, 5.74) is 5.71. The Kier molecular flexibility index (Phi) is 3.02. The summed E-state index contributed by atoms with van der Waals surface area (Å²) >= 11 is 0.585. The molecule has 0 aromatic carbocycles. The zero-order valence-electron chi connectivity index (χ0n) is 8.37. The first-order valence-electron chi connectivity index (χ1n) is 4.88. The molecular weight excluding hydrogens is 241 g/mol. The van der Waals surface area contributed by atoms with Crippen LogP contribution < -0.4 is 10.6 Å². The lowest BCUT2D eigenvalue weighted by molar-refractivity contribution is -0.138. The topological polar surface area (TPSA) is 55.0 Å². The molecule has 0 unspecified atom stereocenters. The summed E-state index contributed by atoms with van der Waals surface area (Å²) in [6.07, 6.45) is -2.84. The van der Waals surface area contributed by atoms with E-state index in [0.717, 1.165) is 12.8 Å². The molecule has 2 heterocycles. The van der Waals surface area contributed by atoms with E-state index < -0.39 is 11.2 Å². The van der Waals surface area contributed by atoms with Gasteiger partial charge in [0, 0.05) is 19.1 Å². The Morgan fingerprint density at radius 1 is 1.25 bits per heavy atom. The molecule has 1 aromatic rings. The number of aromatic nitrogens is 2. The molecule has 1 aliphatic rings. The second-order valence-electron chi connectivity index (χ2n) is 3.71. The second kappa shape index (κ2) is 4.17. The lowest BCUT2D eigenvalue weighted by Crippen LogP contribution is -2.39. The monoisotopic (exact) mass is 252 g/mol. The van der Waals surface area contributed by atoms with E-state index in [9.17, 15) is 13.2 Å². The van der Waals surface area contributed by atoms with Crippen molar-refractivity contribution in [2.24, 2.45) is 5.73 Å².